The van der Waals surface area contributed by atoms with Crippen molar-refractivity contribution in [1.82, 2.24) is 0 Å². The van der Waals surface area contributed by atoms with E-state index < -0.39 is 6.10 Å². The molecule has 0 aliphatic carbocycles. The Kier molecular flexibility index (Phi) is 8.02. The summed E-state index contributed by atoms with van der Waals surface area (Å²) in [5.41, 5.74) is 10.9. The summed E-state index contributed by atoms with van der Waals surface area (Å²) in [6, 6.07) is -0.0145. The minimum Gasteiger partial charge on any atom is -0.388 e. The number of rotatable bonds is 8. The molecule has 0 aromatic rings. The first kappa shape index (κ1) is 13.8. The van der Waals surface area contributed by atoms with E-state index in [0.29, 0.717) is 13.2 Å². The summed E-state index contributed by atoms with van der Waals surface area (Å²) in [6.07, 6.45) is -0.604. The van der Waals surface area contributed by atoms with Gasteiger partial charge in [-0.05, 0) is 13.8 Å². The van der Waals surface area contributed by atoms with Gasteiger partial charge in [0, 0.05) is 12.1 Å². The third kappa shape index (κ3) is 9.88. The van der Waals surface area contributed by atoms with E-state index in [2.05, 4.69) is 0 Å². The maximum atomic E-state index is 9.34. The molecule has 0 spiro atoms. The van der Waals surface area contributed by atoms with Crippen LogP contribution >= 0.6 is 0 Å². The Balaban J connectivity index is 3.23. The highest BCUT2D eigenvalue weighted by atomic mass is 16.5. The third-order valence-corrected chi connectivity index (χ3v) is 1.38. The lowest BCUT2D eigenvalue weighted by molar-refractivity contribution is -0.0222. The Morgan fingerprint density at radius 2 is 1.29 bits per heavy atom. The molecule has 0 heterocycles. The summed E-state index contributed by atoms with van der Waals surface area (Å²) in [6.45, 7) is 5.09. The molecular weight excluding hydrogens is 184 g/mol. The van der Waals surface area contributed by atoms with Crippen LogP contribution in [0.3, 0.4) is 0 Å². The second kappa shape index (κ2) is 8.14. The maximum Gasteiger partial charge on any atom is 0.101 e. The van der Waals surface area contributed by atoms with Crippen LogP contribution in [-0.2, 0) is 9.47 Å². The monoisotopic (exact) mass is 206 g/mol. The Hall–Kier alpha value is -0.200. The molecule has 86 valence electrons. The maximum absolute atomic E-state index is 9.34. The van der Waals surface area contributed by atoms with Gasteiger partial charge in [0.1, 0.15) is 6.10 Å². The van der Waals surface area contributed by atoms with Gasteiger partial charge in [0.15, 0.2) is 0 Å². The highest BCUT2D eigenvalue weighted by Crippen LogP contribution is 1.90. The van der Waals surface area contributed by atoms with Gasteiger partial charge >= 0.3 is 0 Å². The fourth-order valence-electron chi connectivity index (χ4n) is 0.828. The average Bonchev–Trinajstić information content (AvgIpc) is 2.02. The predicted octanol–water partition coefficient (Wildman–Crippen LogP) is -0.925. The number of nitrogens with two attached hydrogens (primary N) is 2. The van der Waals surface area contributed by atoms with Crippen molar-refractivity contribution in [2.45, 2.75) is 32.0 Å². The van der Waals surface area contributed by atoms with E-state index in [1.54, 1.807) is 0 Å². The molecule has 0 aliphatic rings. The number of hydrogen-bond acceptors (Lipinski definition) is 5. The van der Waals surface area contributed by atoms with Crippen LogP contribution in [0.5, 0.6) is 0 Å². The fourth-order valence-corrected chi connectivity index (χ4v) is 0.828. The van der Waals surface area contributed by atoms with E-state index in [9.17, 15) is 5.11 Å². The van der Waals surface area contributed by atoms with Crippen molar-refractivity contribution in [3.8, 4) is 0 Å². The molecule has 0 saturated heterocycles. The summed E-state index contributed by atoms with van der Waals surface area (Å²) in [5, 5.41) is 9.34. The van der Waals surface area contributed by atoms with Gasteiger partial charge in [-0.1, -0.05) is 0 Å². The van der Waals surface area contributed by atoms with Gasteiger partial charge in [0.05, 0.1) is 26.4 Å². The Labute approximate surface area is 85.4 Å². The highest BCUT2D eigenvalue weighted by Gasteiger charge is 2.05. The molecular formula is C9H22N2O3. The van der Waals surface area contributed by atoms with Gasteiger partial charge in [0.2, 0.25) is 0 Å². The van der Waals surface area contributed by atoms with Gasteiger partial charge in [-0.2, -0.15) is 0 Å². The van der Waals surface area contributed by atoms with Crippen LogP contribution in [0.1, 0.15) is 13.8 Å². The van der Waals surface area contributed by atoms with Crippen LogP contribution in [0.2, 0.25) is 0 Å². The van der Waals surface area contributed by atoms with E-state index in [4.69, 9.17) is 20.9 Å². The summed E-state index contributed by atoms with van der Waals surface area (Å²) < 4.78 is 10.3. The zero-order chi connectivity index (χ0) is 11.0. The Bertz CT molecular complexity index is 117. The molecule has 14 heavy (non-hydrogen) atoms. The van der Waals surface area contributed by atoms with E-state index in [1.165, 1.54) is 0 Å². The number of ether oxygens (including phenoxy) is 2. The summed E-state index contributed by atoms with van der Waals surface area (Å²) >= 11 is 0. The molecule has 0 bridgehead atoms. The van der Waals surface area contributed by atoms with Crippen LogP contribution in [0, 0.1) is 0 Å². The van der Waals surface area contributed by atoms with Crippen LogP contribution in [0.25, 0.3) is 0 Å². The highest BCUT2D eigenvalue weighted by molar-refractivity contribution is 4.56. The molecule has 0 radical (unpaired) electrons. The van der Waals surface area contributed by atoms with Crippen LogP contribution in [0.4, 0.5) is 0 Å². The molecule has 0 rings (SSSR count). The lowest BCUT2D eigenvalue weighted by Crippen LogP contribution is -2.29. The molecule has 0 saturated carbocycles. The average molecular weight is 206 g/mol. The second-order valence-corrected chi connectivity index (χ2v) is 3.68. The lowest BCUT2D eigenvalue weighted by Gasteiger charge is -2.13. The molecule has 2 unspecified atom stereocenters. The number of aliphatic hydroxyl groups is 1. The molecule has 0 aliphatic heterocycles. The van der Waals surface area contributed by atoms with Gasteiger partial charge in [-0.3, -0.25) is 0 Å². The van der Waals surface area contributed by atoms with E-state index in [1.807, 2.05) is 13.8 Å². The first-order valence-electron chi connectivity index (χ1n) is 4.87. The molecule has 0 fully saturated rings. The molecule has 5 heteroatoms. The minimum absolute atomic E-state index is 0.00724. The molecule has 2 atom stereocenters. The number of hydrogen-bond donors (Lipinski definition) is 3. The lowest BCUT2D eigenvalue weighted by atomic mass is 10.3. The van der Waals surface area contributed by atoms with Crippen molar-refractivity contribution < 1.29 is 14.6 Å². The standard InChI is InChI=1S/C9H22N2O3/c1-7(10)3-13-5-9(12)6-14-4-8(2)11/h7-9,12H,3-6,10-11H2,1-2H3. The molecule has 0 amide bonds. The Morgan fingerprint density at radius 1 is 0.929 bits per heavy atom. The summed E-state index contributed by atoms with van der Waals surface area (Å²) in [5.74, 6) is 0. The van der Waals surface area contributed by atoms with Crippen molar-refractivity contribution >= 4 is 0 Å². The third-order valence-electron chi connectivity index (χ3n) is 1.38. The van der Waals surface area contributed by atoms with Crippen molar-refractivity contribution in [2.75, 3.05) is 26.4 Å². The van der Waals surface area contributed by atoms with Gasteiger partial charge in [0.25, 0.3) is 0 Å². The molecule has 0 aromatic heterocycles. The van der Waals surface area contributed by atoms with Crippen molar-refractivity contribution in [3.05, 3.63) is 0 Å². The Morgan fingerprint density at radius 3 is 1.57 bits per heavy atom. The van der Waals surface area contributed by atoms with Gasteiger partial charge in [-0.15, -0.1) is 0 Å². The number of aliphatic hydroxyl groups excluding tert-OH is 1. The van der Waals surface area contributed by atoms with Crippen molar-refractivity contribution in [1.29, 1.82) is 0 Å². The van der Waals surface area contributed by atoms with Crippen molar-refractivity contribution in [3.63, 3.8) is 0 Å². The molecule has 5 N–H and O–H groups in total. The zero-order valence-electron chi connectivity index (χ0n) is 8.98. The van der Waals surface area contributed by atoms with Gasteiger partial charge < -0.3 is 26.0 Å². The first-order chi connectivity index (χ1) is 6.52. The zero-order valence-corrected chi connectivity index (χ0v) is 8.98. The molecule has 5 nitrogen and oxygen atoms in total. The SMILES string of the molecule is CC(N)COCC(O)COCC(C)N. The van der Waals surface area contributed by atoms with Crippen molar-refractivity contribution in [2.24, 2.45) is 11.5 Å². The van der Waals surface area contributed by atoms with Gasteiger partial charge in [-0.25, -0.2) is 0 Å². The van der Waals surface area contributed by atoms with E-state index in [0.717, 1.165) is 0 Å². The topological polar surface area (TPSA) is 90.7 Å². The quantitative estimate of drug-likeness (QED) is 0.477. The van der Waals surface area contributed by atoms with Crippen LogP contribution in [-0.4, -0.2) is 49.7 Å². The predicted molar refractivity (Wildman–Crippen MR) is 54.9 cm³/mol. The second-order valence-electron chi connectivity index (χ2n) is 3.68. The van der Waals surface area contributed by atoms with Crippen LogP contribution < -0.4 is 11.5 Å². The largest absolute Gasteiger partial charge is 0.388 e. The fraction of sp³-hybridized carbons (Fsp3) is 1.00. The van der Waals surface area contributed by atoms with Crippen LogP contribution in [0.15, 0.2) is 0 Å². The summed E-state index contributed by atoms with van der Waals surface area (Å²) in [4.78, 5) is 0. The van der Waals surface area contributed by atoms with E-state index in [-0.39, 0.29) is 25.3 Å². The minimum atomic E-state index is -0.604. The normalized spacial score (nSPS) is 17.8. The first-order valence-corrected chi connectivity index (χ1v) is 4.87. The van der Waals surface area contributed by atoms with E-state index >= 15 is 0 Å². The summed E-state index contributed by atoms with van der Waals surface area (Å²) in [7, 11) is 0. The smallest absolute Gasteiger partial charge is 0.101 e. The molecule has 0 aromatic carbocycles.